The highest BCUT2D eigenvalue weighted by Gasteiger charge is 2.42. The number of rotatable bonds is 13. The zero-order valence-corrected chi connectivity index (χ0v) is 23.6. The summed E-state index contributed by atoms with van der Waals surface area (Å²) in [6, 6.07) is 0. The molecule has 0 aromatic rings. The smallest absolute Gasteiger partial charge is 0.407 e. The van der Waals surface area contributed by atoms with Crippen molar-refractivity contribution in [2.24, 2.45) is 23.7 Å². The van der Waals surface area contributed by atoms with Crippen LogP contribution in [0.15, 0.2) is 25.3 Å². The summed E-state index contributed by atoms with van der Waals surface area (Å²) in [5.74, 6) is 2.56. The summed E-state index contributed by atoms with van der Waals surface area (Å²) in [4.78, 5) is 43.4. The molecule has 4 atom stereocenters. The Labute approximate surface area is 230 Å². The van der Waals surface area contributed by atoms with E-state index in [2.05, 4.69) is 40.2 Å². The van der Waals surface area contributed by atoms with Crippen LogP contribution < -0.4 is 10.6 Å². The molecular weight excluding hydrogens is 492 g/mol. The highest BCUT2D eigenvalue weighted by Crippen LogP contribution is 2.52. The van der Waals surface area contributed by atoms with E-state index in [4.69, 9.17) is 9.47 Å². The van der Waals surface area contributed by atoms with Crippen molar-refractivity contribution >= 4 is 24.1 Å². The van der Waals surface area contributed by atoms with Crippen LogP contribution in [0.3, 0.4) is 0 Å². The first-order valence-electron chi connectivity index (χ1n) is 13.7. The second-order valence-corrected chi connectivity index (χ2v) is 8.85. The number of alkyl carbamates (subject to hydrolysis) is 2. The van der Waals surface area contributed by atoms with E-state index in [0.717, 1.165) is 42.2 Å². The minimum atomic E-state index is -0.528. The third kappa shape index (κ3) is 15.3. The van der Waals surface area contributed by atoms with Gasteiger partial charge in [0.25, 0.3) is 0 Å². The molecule has 2 rings (SSSR count). The summed E-state index contributed by atoms with van der Waals surface area (Å²) in [6.07, 6.45) is 8.94. The van der Waals surface area contributed by atoms with Gasteiger partial charge in [-0.1, -0.05) is 40.3 Å². The molecule has 2 aliphatic rings. The molecule has 2 fully saturated rings. The molecule has 2 aliphatic carbocycles. The summed E-state index contributed by atoms with van der Waals surface area (Å²) in [7, 11) is 0. The van der Waals surface area contributed by atoms with Crippen LogP contribution in [0.1, 0.15) is 69.1 Å². The molecule has 10 heteroatoms. The number of amides is 2. The lowest BCUT2D eigenvalue weighted by atomic mass is 9.88. The number of carbonyl (C=O) groups excluding carboxylic acids is 4. The maximum Gasteiger partial charge on any atom is 0.407 e. The molecule has 0 aliphatic heterocycles. The summed E-state index contributed by atoms with van der Waals surface area (Å²) in [5.41, 5.74) is 0. The van der Waals surface area contributed by atoms with Crippen LogP contribution in [0.25, 0.3) is 0 Å². The van der Waals surface area contributed by atoms with Crippen molar-refractivity contribution in [1.29, 1.82) is 0 Å². The predicted molar refractivity (Wildman–Crippen MR) is 150 cm³/mol. The highest BCUT2D eigenvalue weighted by atomic mass is 16.6. The van der Waals surface area contributed by atoms with Crippen molar-refractivity contribution in [1.82, 2.24) is 10.6 Å². The molecule has 2 N–H and O–H groups in total. The van der Waals surface area contributed by atoms with Gasteiger partial charge in [0.15, 0.2) is 0 Å². The standard InChI is InChI=1S/C18H29NO4.C8H13NO4.C2H6.2H2/c1-3-17(20)22-10-11-23-18(21)19-9-5-6-14-12-13(2)15-7-4-8-16(14)15;1-3-7(10)12-5-6-13-8(11)9-4-2;1-2;;/h3,13-16H,1,4-12H2,2H3,(H,19,21);3H,1,4-6H2,2H3,(H,9,11);1-2H3;2*1H. The summed E-state index contributed by atoms with van der Waals surface area (Å²) in [6.45, 7) is 16.0. The zero-order chi connectivity index (χ0) is 28.8. The van der Waals surface area contributed by atoms with Crippen molar-refractivity contribution in [2.45, 2.75) is 66.2 Å². The second kappa shape index (κ2) is 22.0. The molecule has 0 heterocycles. The van der Waals surface area contributed by atoms with Crippen LogP contribution in [0.2, 0.25) is 0 Å². The van der Waals surface area contributed by atoms with E-state index in [-0.39, 0.29) is 29.3 Å². The Bertz CT molecular complexity index is 739. The van der Waals surface area contributed by atoms with E-state index in [1.54, 1.807) is 6.92 Å². The quantitative estimate of drug-likeness (QED) is 0.139. The Morgan fingerprint density at radius 3 is 1.87 bits per heavy atom. The van der Waals surface area contributed by atoms with Crippen LogP contribution >= 0.6 is 0 Å². The minimum Gasteiger partial charge on any atom is -0.459 e. The van der Waals surface area contributed by atoms with E-state index >= 15 is 0 Å². The molecule has 0 bridgehead atoms. The number of carbonyl (C=O) groups is 4. The molecule has 0 aromatic carbocycles. The van der Waals surface area contributed by atoms with Crippen LogP contribution in [0.5, 0.6) is 0 Å². The third-order valence-electron chi connectivity index (χ3n) is 6.43. The fourth-order valence-corrected chi connectivity index (χ4v) is 4.94. The molecule has 222 valence electrons. The predicted octanol–water partition coefficient (Wildman–Crippen LogP) is 5.27. The van der Waals surface area contributed by atoms with Gasteiger partial charge in [0, 0.05) is 28.1 Å². The average Bonchev–Trinajstić information content (AvgIpc) is 3.52. The first kappa shape index (κ1) is 35.0. The van der Waals surface area contributed by atoms with Gasteiger partial charge in [0.05, 0.1) is 0 Å². The molecule has 2 amide bonds. The molecule has 38 heavy (non-hydrogen) atoms. The molecule has 10 nitrogen and oxygen atoms in total. The number of hydrogen-bond acceptors (Lipinski definition) is 8. The summed E-state index contributed by atoms with van der Waals surface area (Å²) in [5, 5.41) is 5.18. The monoisotopic (exact) mass is 544 g/mol. The molecule has 0 aromatic heterocycles. The maximum atomic E-state index is 11.5. The van der Waals surface area contributed by atoms with Crippen molar-refractivity contribution in [2.75, 3.05) is 39.5 Å². The maximum absolute atomic E-state index is 11.5. The van der Waals surface area contributed by atoms with E-state index in [0.29, 0.717) is 13.1 Å². The van der Waals surface area contributed by atoms with Crippen LogP contribution in [0.4, 0.5) is 9.59 Å². The van der Waals surface area contributed by atoms with E-state index < -0.39 is 24.1 Å². The number of esters is 2. The Kier molecular flexibility index (Phi) is 20.2. The molecule has 4 unspecified atom stereocenters. The number of hydrogen-bond donors (Lipinski definition) is 2. The Morgan fingerprint density at radius 2 is 1.34 bits per heavy atom. The first-order chi connectivity index (χ1) is 18.3. The molecular formula is C28H52N2O8. The van der Waals surface area contributed by atoms with Gasteiger partial charge in [-0.15, -0.1) is 0 Å². The largest absolute Gasteiger partial charge is 0.459 e. The lowest BCUT2D eigenvalue weighted by Crippen LogP contribution is -2.27. The van der Waals surface area contributed by atoms with Gasteiger partial charge >= 0.3 is 24.1 Å². The summed E-state index contributed by atoms with van der Waals surface area (Å²) < 4.78 is 18.8. The molecule has 2 saturated carbocycles. The highest BCUT2D eigenvalue weighted by molar-refractivity contribution is 5.81. The van der Waals surface area contributed by atoms with Gasteiger partial charge in [-0.05, 0) is 62.7 Å². The SMILES string of the molecule is C=CC(=O)OCCOC(=O)NCC.C=CC(=O)OCCOC(=O)NCCCC1CC(C)C2CCCC12.CC.[HH].[HH]. The van der Waals surface area contributed by atoms with Crippen molar-refractivity contribution in [3.05, 3.63) is 25.3 Å². The minimum absolute atomic E-state index is 0. The number of fused-ring (bicyclic) bond motifs is 1. The lowest BCUT2D eigenvalue weighted by molar-refractivity contribution is -0.139. The fourth-order valence-electron chi connectivity index (χ4n) is 4.94. The van der Waals surface area contributed by atoms with Crippen LogP contribution in [-0.4, -0.2) is 63.6 Å². The number of ether oxygens (including phenoxy) is 4. The summed E-state index contributed by atoms with van der Waals surface area (Å²) >= 11 is 0. The Morgan fingerprint density at radius 1 is 0.842 bits per heavy atom. The second-order valence-electron chi connectivity index (χ2n) is 8.85. The Balaban J connectivity index is -0.000000697. The average molecular weight is 545 g/mol. The van der Waals surface area contributed by atoms with Crippen LogP contribution in [-0.2, 0) is 28.5 Å². The normalized spacial score (nSPS) is 20.6. The first-order valence-corrected chi connectivity index (χ1v) is 13.7. The zero-order valence-electron chi connectivity index (χ0n) is 23.6. The van der Waals surface area contributed by atoms with Gasteiger partial charge in [0.2, 0.25) is 0 Å². The van der Waals surface area contributed by atoms with Gasteiger partial charge in [-0.3, -0.25) is 0 Å². The Hall–Kier alpha value is -3.04. The van der Waals surface area contributed by atoms with Crippen LogP contribution in [0, 0.1) is 23.7 Å². The van der Waals surface area contributed by atoms with Gasteiger partial charge in [-0.2, -0.15) is 0 Å². The molecule has 0 saturated heterocycles. The van der Waals surface area contributed by atoms with Crippen molar-refractivity contribution in [3.8, 4) is 0 Å². The van der Waals surface area contributed by atoms with Gasteiger partial charge < -0.3 is 29.6 Å². The number of nitrogens with one attached hydrogen (secondary N) is 2. The third-order valence-corrected chi connectivity index (χ3v) is 6.43. The molecule has 0 spiro atoms. The lowest BCUT2D eigenvalue weighted by Gasteiger charge is -2.18. The van der Waals surface area contributed by atoms with Crippen molar-refractivity contribution < 1.29 is 41.0 Å². The van der Waals surface area contributed by atoms with E-state index in [1.807, 2.05) is 13.8 Å². The van der Waals surface area contributed by atoms with E-state index in [1.165, 1.54) is 32.1 Å². The molecule has 0 radical (unpaired) electrons. The fraction of sp³-hybridized carbons (Fsp3) is 0.714. The van der Waals surface area contributed by atoms with Crippen molar-refractivity contribution in [3.63, 3.8) is 0 Å². The topological polar surface area (TPSA) is 129 Å². The van der Waals surface area contributed by atoms with E-state index in [9.17, 15) is 19.2 Å². The van der Waals surface area contributed by atoms with Gasteiger partial charge in [-0.25, -0.2) is 19.2 Å². The van der Waals surface area contributed by atoms with Gasteiger partial charge in [0.1, 0.15) is 26.4 Å².